The molecule has 0 spiro atoms. The highest BCUT2D eigenvalue weighted by molar-refractivity contribution is 14.1. The van der Waals surface area contributed by atoms with Gasteiger partial charge in [-0.15, -0.1) is 0 Å². The predicted molar refractivity (Wildman–Crippen MR) is 155 cm³/mol. The quantitative estimate of drug-likeness (QED) is 0.171. The fourth-order valence-corrected chi connectivity index (χ4v) is 11.3. The average molecular weight is 587 g/mol. The summed E-state index contributed by atoms with van der Waals surface area (Å²) in [6.45, 7) is 20.2. The highest BCUT2D eigenvalue weighted by Gasteiger charge is 2.60. The Balaban J connectivity index is 1.45. The zero-order valence-corrected chi connectivity index (χ0v) is 26.5. The molecule has 33 heavy (non-hydrogen) atoms. The van der Waals surface area contributed by atoms with Gasteiger partial charge >= 0.3 is 0 Å². The molecule has 4 saturated carbocycles. The van der Waals surface area contributed by atoms with Gasteiger partial charge in [-0.1, -0.05) is 64.1 Å². The molecule has 4 aliphatic rings. The Morgan fingerprint density at radius 2 is 1.61 bits per heavy atom. The standard InChI is InChI=1S/C30H55IOSi/c1-21(10-9-19-31)25-13-14-26-24-12-11-22-20-23(32-33(7,8)28(2,3)4)15-17-29(22,5)27(24)16-18-30(25,26)6/h21-27H,9-20H2,1-8H3/t21-,22?,23-,24+,25-,26+,27+,29+,30-/m1/s1. The summed E-state index contributed by atoms with van der Waals surface area (Å²) in [7, 11) is -1.66. The molecule has 0 bridgehead atoms. The van der Waals surface area contributed by atoms with E-state index in [2.05, 4.69) is 77.2 Å². The number of halogens is 1. The predicted octanol–water partition coefficient (Wildman–Crippen LogP) is 9.89. The SMILES string of the molecule is C[C@H](CCCI)[C@H]1CC[C@H]2[C@@H]3CCC4C[C@H](O[Si](C)(C)C(C)(C)C)CC[C@]4(C)[C@H]3CC[C@]12C. The second-order valence-corrected chi connectivity index (χ2v) is 20.8. The number of hydrogen-bond donors (Lipinski definition) is 0. The maximum absolute atomic E-state index is 6.97. The molecule has 0 aromatic rings. The minimum absolute atomic E-state index is 0.325. The van der Waals surface area contributed by atoms with Crippen LogP contribution in [0.3, 0.4) is 0 Å². The Kier molecular flexibility index (Phi) is 7.89. The molecule has 0 saturated heterocycles. The molecule has 0 radical (unpaired) electrons. The van der Waals surface area contributed by atoms with Crippen LogP contribution in [0.5, 0.6) is 0 Å². The van der Waals surface area contributed by atoms with Crippen molar-refractivity contribution >= 4 is 30.9 Å². The van der Waals surface area contributed by atoms with E-state index >= 15 is 0 Å². The minimum Gasteiger partial charge on any atom is -0.414 e. The average Bonchev–Trinajstić information content (AvgIpc) is 3.08. The molecule has 0 heterocycles. The molecule has 4 fully saturated rings. The van der Waals surface area contributed by atoms with Gasteiger partial charge in [0.25, 0.3) is 0 Å². The molecule has 1 nitrogen and oxygen atoms in total. The summed E-state index contributed by atoms with van der Waals surface area (Å²) in [6, 6.07) is 0. The third-order valence-electron chi connectivity index (χ3n) is 12.4. The van der Waals surface area contributed by atoms with Crippen molar-refractivity contribution in [2.45, 2.75) is 136 Å². The third kappa shape index (κ3) is 4.80. The summed E-state index contributed by atoms with van der Waals surface area (Å²) in [6.07, 6.45) is 16.6. The van der Waals surface area contributed by atoms with Crippen LogP contribution in [0, 0.1) is 46.3 Å². The number of hydrogen-bond acceptors (Lipinski definition) is 1. The molecule has 3 heteroatoms. The molecule has 192 valence electrons. The molecule has 0 amide bonds. The number of fused-ring (bicyclic) bond motifs is 5. The minimum atomic E-state index is -1.66. The third-order valence-corrected chi connectivity index (χ3v) is 17.7. The summed E-state index contributed by atoms with van der Waals surface area (Å²) in [5.41, 5.74) is 1.22. The van der Waals surface area contributed by atoms with E-state index < -0.39 is 8.32 Å². The van der Waals surface area contributed by atoms with Crippen LogP contribution in [0.15, 0.2) is 0 Å². The van der Waals surface area contributed by atoms with Crippen molar-refractivity contribution < 1.29 is 4.43 Å². The van der Waals surface area contributed by atoms with Gasteiger partial charge in [0.1, 0.15) is 0 Å². The highest BCUT2D eigenvalue weighted by Crippen LogP contribution is 2.68. The van der Waals surface area contributed by atoms with Gasteiger partial charge in [-0.2, -0.15) is 0 Å². The van der Waals surface area contributed by atoms with Crippen LogP contribution in [0.1, 0.15) is 112 Å². The van der Waals surface area contributed by atoms with Gasteiger partial charge in [0.05, 0.1) is 0 Å². The van der Waals surface area contributed by atoms with Crippen molar-refractivity contribution in [2.75, 3.05) is 4.43 Å². The van der Waals surface area contributed by atoms with Gasteiger partial charge in [0.2, 0.25) is 0 Å². The van der Waals surface area contributed by atoms with Crippen molar-refractivity contribution in [1.82, 2.24) is 0 Å². The van der Waals surface area contributed by atoms with Gasteiger partial charge in [-0.3, -0.25) is 0 Å². The summed E-state index contributed by atoms with van der Waals surface area (Å²) in [4.78, 5) is 0. The van der Waals surface area contributed by atoms with Gasteiger partial charge in [-0.05, 0) is 140 Å². The summed E-state index contributed by atoms with van der Waals surface area (Å²) in [5, 5.41) is 0.325. The zero-order valence-electron chi connectivity index (χ0n) is 23.3. The fourth-order valence-electron chi connectivity index (χ4n) is 9.49. The van der Waals surface area contributed by atoms with Crippen molar-refractivity contribution in [2.24, 2.45) is 46.3 Å². The van der Waals surface area contributed by atoms with Crippen molar-refractivity contribution in [3.63, 3.8) is 0 Å². The molecular formula is C30H55IOSi. The van der Waals surface area contributed by atoms with Gasteiger partial charge in [0.15, 0.2) is 8.32 Å². The van der Waals surface area contributed by atoms with E-state index in [-0.39, 0.29) is 0 Å². The lowest BCUT2D eigenvalue weighted by molar-refractivity contribution is -0.127. The molecule has 0 aromatic carbocycles. The maximum Gasteiger partial charge on any atom is 0.192 e. The van der Waals surface area contributed by atoms with Crippen LogP contribution in [0.4, 0.5) is 0 Å². The van der Waals surface area contributed by atoms with Crippen LogP contribution in [0.2, 0.25) is 18.1 Å². The smallest absolute Gasteiger partial charge is 0.192 e. The summed E-state index contributed by atoms with van der Waals surface area (Å²) < 4.78 is 8.30. The molecule has 0 aliphatic heterocycles. The lowest BCUT2D eigenvalue weighted by Gasteiger charge is -2.61. The van der Waals surface area contributed by atoms with Crippen molar-refractivity contribution in [1.29, 1.82) is 0 Å². The topological polar surface area (TPSA) is 9.23 Å². The molecule has 0 aromatic heterocycles. The van der Waals surface area contributed by atoms with Gasteiger partial charge < -0.3 is 4.43 Å². The van der Waals surface area contributed by atoms with Crippen LogP contribution in [-0.4, -0.2) is 18.8 Å². The lowest BCUT2D eigenvalue weighted by atomic mass is 9.44. The first-order chi connectivity index (χ1) is 15.3. The van der Waals surface area contributed by atoms with Gasteiger partial charge in [-0.25, -0.2) is 0 Å². The van der Waals surface area contributed by atoms with E-state index in [1.165, 1.54) is 75.1 Å². The molecule has 1 unspecified atom stereocenters. The van der Waals surface area contributed by atoms with Gasteiger partial charge in [0, 0.05) is 6.10 Å². The number of rotatable bonds is 6. The molecule has 4 rings (SSSR count). The first kappa shape index (κ1) is 27.0. The Morgan fingerprint density at radius 3 is 2.27 bits per heavy atom. The largest absolute Gasteiger partial charge is 0.414 e. The zero-order chi connectivity index (χ0) is 24.2. The van der Waals surface area contributed by atoms with Crippen molar-refractivity contribution in [3.05, 3.63) is 0 Å². The van der Waals surface area contributed by atoms with E-state index in [0.29, 0.717) is 22.0 Å². The van der Waals surface area contributed by atoms with Crippen LogP contribution in [0.25, 0.3) is 0 Å². The van der Waals surface area contributed by atoms with Crippen LogP contribution in [-0.2, 0) is 4.43 Å². The Labute approximate surface area is 221 Å². The lowest BCUT2D eigenvalue weighted by Crippen LogP contribution is -2.55. The van der Waals surface area contributed by atoms with E-state index in [4.69, 9.17) is 4.43 Å². The van der Waals surface area contributed by atoms with E-state index in [9.17, 15) is 0 Å². The monoisotopic (exact) mass is 586 g/mol. The normalized spacial score (nSPS) is 44.6. The maximum atomic E-state index is 6.97. The second kappa shape index (κ2) is 9.65. The Bertz CT molecular complexity index is 685. The van der Waals surface area contributed by atoms with Crippen LogP contribution < -0.4 is 0 Å². The Morgan fingerprint density at radius 1 is 0.939 bits per heavy atom. The second-order valence-electron chi connectivity index (χ2n) is 15.0. The molecular weight excluding hydrogens is 531 g/mol. The van der Waals surface area contributed by atoms with E-state index in [1.54, 1.807) is 0 Å². The molecule has 0 N–H and O–H groups in total. The van der Waals surface area contributed by atoms with Crippen molar-refractivity contribution in [3.8, 4) is 0 Å². The summed E-state index contributed by atoms with van der Waals surface area (Å²) >= 11 is 2.57. The number of alkyl halides is 1. The highest BCUT2D eigenvalue weighted by atomic mass is 127. The van der Waals surface area contributed by atoms with Crippen LogP contribution >= 0.6 is 22.6 Å². The summed E-state index contributed by atoms with van der Waals surface area (Å²) in [5.74, 6) is 5.86. The first-order valence-corrected chi connectivity index (χ1v) is 19.0. The van der Waals surface area contributed by atoms with E-state index in [0.717, 1.165) is 35.5 Å². The first-order valence-electron chi connectivity index (χ1n) is 14.6. The molecule has 4 aliphatic carbocycles. The van der Waals surface area contributed by atoms with E-state index in [1.807, 2.05) is 0 Å². The molecule has 9 atom stereocenters. The Hall–Kier alpha value is 0.907. The fraction of sp³-hybridized carbons (Fsp3) is 1.00.